The lowest BCUT2D eigenvalue weighted by Crippen LogP contribution is -2.39. The van der Waals surface area contributed by atoms with Crippen molar-refractivity contribution in [1.82, 2.24) is 0 Å². The minimum atomic E-state index is -0.691. The van der Waals surface area contributed by atoms with E-state index in [0.717, 1.165) is 0 Å². The Morgan fingerprint density at radius 2 is 2.41 bits per heavy atom. The fourth-order valence-electron chi connectivity index (χ4n) is 1.73. The number of rotatable bonds is 0. The van der Waals surface area contributed by atoms with Crippen LogP contribution in [0.3, 0.4) is 0 Å². The van der Waals surface area contributed by atoms with Crippen molar-refractivity contribution in [2.45, 2.75) is 31.7 Å². The number of ether oxygens (including phenoxy) is 2. The van der Waals surface area contributed by atoms with E-state index < -0.39 is 5.79 Å². The Kier molecular flexibility index (Phi) is 3.54. The molecule has 0 aromatic heterocycles. The van der Waals surface area contributed by atoms with E-state index >= 15 is 0 Å². The molecule has 1 N–H and O–H groups in total. The molecule has 3 heteroatoms. The third kappa shape index (κ3) is 2.91. The predicted molar refractivity (Wildman–Crippen MR) is 63.5 cm³/mol. The molecule has 0 bridgehead atoms. The molecule has 1 fully saturated rings. The van der Waals surface area contributed by atoms with Gasteiger partial charge in [0.05, 0.1) is 12.7 Å². The summed E-state index contributed by atoms with van der Waals surface area (Å²) in [6.07, 6.45) is 6.34. The molecule has 0 aromatic rings. The van der Waals surface area contributed by atoms with E-state index in [1.165, 1.54) is 0 Å². The second kappa shape index (κ2) is 5.10. The summed E-state index contributed by atoms with van der Waals surface area (Å²) < 4.78 is 11.2. The monoisotopic (exact) mass is 230 g/mol. The highest BCUT2D eigenvalue weighted by Gasteiger charge is 2.39. The van der Waals surface area contributed by atoms with Gasteiger partial charge in [-0.15, -0.1) is 0 Å². The lowest BCUT2D eigenvalue weighted by molar-refractivity contribution is -0.214. The molecule has 2 rings (SSSR count). The van der Waals surface area contributed by atoms with Crippen LogP contribution in [0.4, 0.5) is 0 Å². The molecule has 88 valence electrons. The van der Waals surface area contributed by atoms with Gasteiger partial charge in [0.1, 0.15) is 5.76 Å². The van der Waals surface area contributed by atoms with Crippen molar-refractivity contribution in [2.24, 2.45) is 0 Å². The van der Waals surface area contributed by atoms with Crippen LogP contribution in [0.25, 0.3) is 0 Å². The Hall–Kier alpha value is -1.68. The molecule has 0 amide bonds. The maximum atomic E-state index is 9.36. The first-order valence-corrected chi connectivity index (χ1v) is 5.57. The van der Waals surface area contributed by atoms with Gasteiger partial charge in [0.2, 0.25) is 5.79 Å². The number of allylic oxidation sites excluding steroid dienone is 2. The number of aliphatic hydroxyl groups is 1. The molecule has 1 spiro atoms. The molecule has 0 aromatic carbocycles. The highest BCUT2D eigenvalue weighted by Crippen LogP contribution is 2.34. The molecule has 2 aliphatic rings. The highest BCUT2D eigenvalue weighted by molar-refractivity contribution is 5.35. The minimum Gasteiger partial charge on any atom is -0.458 e. The summed E-state index contributed by atoms with van der Waals surface area (Å²) in [7, 11) is 0. The molecule has 2 heterocycles. The largest absolute Gasteiger partial charge is 0.458 e. The van der Waals surface area contributed by atoms with Crippen molar-refractivity contribution in [2.75, 3.05) is 6.61 Å². The fourth-order valence-corrected chi connectivity index (χ4v) is 1.73. The second-order valence-corrected chi connectivity index (χ2v) is 3.94. The highest BCUT2D eigenvalue weighted by atomic mass is 16.7. The number of hydrogen-bond donors (Lipinski definition) is 1. The Morgan fingerprint density at radius 1 is 1.53 bits per heavy atom. The standard InChI is InChI=1S/C14H14O3/c1-2-3-4-5-6-13-8-10-14(17-13)9-7-12(15)11-16-14/h6,8,10,12,15H,7,9,11H2,1H3/b13-6+/t12-,14+/m0/s1. The minimum absolute atomic E-state index is 0.310. The molecule has 0 unspecified atom stereocenters. The van der Waals surface area contributed by atoms with E-state index in [4.69, 9.17) is 9.47 Å². The van der Waals surface area contributed by atoms with Gasteiger partial charge in [-0.05, 0) is 37.3 Å². The molecular weight excluding hydrogens is 216 g/mol. The molecule has 0 radical (unpaired) electrons. The summed E-state index contributed by atoms with van der Waals surface area (Å²) in [5.41, 5.74) is 0. The van der Waals surface area contributed by atoms with E-state index in [1.54, 1.807) is 13.0 Å². The first kappa shape index (κ1) is 11.8. The maximum absolute atomic E-state index is 9.36. The van der Waals surface area contributed by atoms with Gasteiger partial charge in [0.15, 0.2) is 0 Å². The third-order valence-electron chi connectivity index (χ3n) is 2.61. The fraction of sp³-hybridized carbons (Fsp3) is 0.429. The SMILES string of the molecule is CC#CC#C/C=C1\C=C[C@@]2(CC[C@H](O)CO2)O1. The molecule has 0 saturated carbocycles. The van der Waals surface area contributed by atoms with Crippen LogP contribution in [0, 0.1) is 23.7 Å². The Balaban J connectivity index is 1.98. The molecule has 2 aliphatic heterocycles. The molecule has 3 nitrogen and oxygen atoms in total. The zero-order valence-corrected chi connectivity index (χ0v) is 9.69. The summed E-state index contributed by atoms with van der Waals surface area (Å²) in [5.74, 6) is 10.8. The van der Waals surface area contributed by atoms with Gasteiger partial charge in [0, 0.05) is 12.5 Å². The average molecular weight is 230 g/mol. The van der Waals surface area contributed by atoms with Crippen LogP contribution in [0.1, 0.15) is 19.8 Å². The van der Waals surface area contributed by atoms with Gasteiger partial charge in [-0.25, -0.2) is 0 Å². The van der Waals surface area contributed by atoms with E-state index in [0.29, 0.717) is 25.2 Å². The lowest BCUT2D eigenvalue weighted by atomic mass is 10.0. The quantitative estimate of drug-likeness (QED) is 0.638. The topological polar surface area (TPSA) is 38.7 Å². The normalized spacial score (nSPS) is 32.6. The third-order valence-corrected chi connectivity index (χ3v) is 2.61. The van der Waals surface area contributed by atoms with Crippen molar-refractivity contribution >= 4 is 0 Å². The second-order valence-electron chi connectivity index (χ2n) is 3.94. The number of hydrogen-bond acceptors (Lipinski definition) is 3. The van der Waals surface area contributed by atoms with E-state index in [1.807, 2.05) is 12.2 Å². The van der Waals surface area contributed by atoms with Gasteiger partial charge in [0.25, 0.3) is 0 Å². The maximum Gasteiger partial charge on any atom is 0.231 e. The molecule has 0 aliphatic carbocycles. The van der Waals surface area contributed by atoms with Gasteiger partial charge >= 0.3 is 0 Å². The zero-order valence-electron chi connectivity index (χ0n) is 9.69. The molecule has 2 atom stereocenters. The van der Waals surface area contributed by atoms with Crippen molar-refractivity contribution in [3.63, 3.8) is 0 Å². The van der Waals surface area contributed by atoms with Gasteiger partial charge < -0.3 is 14.6 Å². The van der Waals surface area contributed by atoms with Gasteiger partial charge in [-0.1, -0.05) is 11.8 Å². The molecule has 1 saturated heterocycles. The van der Waals surface area contributed by atoms with E-state index in [9.17, 15) is 5.11 Å². The Bertz CT molecular complexity index is 457. The first-order chi connectivity index (χ1) is 8.24. The zero-order chi connectivity index (χ0) is 12.1. The van der Waals surface area contributed by atoms with Crippen LogP contribution in [-0.4, -0.2) is 23.6 Å². The predicted octanol–water partition coefficient (Wildman–Crippen LogP) is 1.35. The molecule has 17 heavy (non-hydrogen) atoms. The summed E-state index contributed by atoms with van der Waals surface area (Å²) >= 11 is 0. The summed E-state index contributed by atoms with van der Waals surface area (Å²) in [5, 5.41) is 9.36. The van der Waals surface area contributed by atoms with Crippen LogP contribution in [0.2, 0.25) is 0 Å². The average Bonchev–Trinajstić information content (AvgIpc) is 2.73. The van der Waals surface area contributed by atoms with E-state index in [2.05, 4.69) is 23.7 Å². The van der Waals surface area contributed by atoms with Crippen LogP contribution < -0.4 is 0 Å². The Labute approximate surface area is 101 Å². The van der Waals surface area contributed by atoms with Crippen molar-refractivity contribution in [3.05, 3.63) is 24.0 Å². The van der Waals surface area contributed by atoms with Crippen LogP contribution in [0.15, 0.2) is 24.0 Å². The van der Waals surface area contributed by atoms with Gasteiger partial charge in [-0.2, -0.15) is 0 Å². The smallest absolute Gasteiger partial charge is 0.231 e. The van der Waals surface area contributed by atoms with Crippen molar-refractivity contribution < 1.29 is 14.6 Å². The first-order valence-electron chi connectivity index (χ1n) is 5.57. The van der Waals surface area contributed by atoms with Crippen molar-refractivity contribution in [3.8, 4) is 23.7 Å². The van der Waals surface area contributed by atoms with Crippen LogP contribution >= 0.6 is 0 Å². The lowest BCUT2D eigenvalue weighted by Gasteiger charge is -2.33. The molecular formula is C14H14O3. The van der Waals surface area contributed by atoms with Gasteiger partial charge in [-0.3, -0.25) is 0 Å². The van der Waals surface area contributed by atoms with Crippen LogP contribution in [-0.2, 0) is 9.47 Å². The van der Waals surface area contributed by atoms with Crippen molar-refractivity contribution in [1.29, 1.82) is 0 Å². The number of aliphatic hydroxyl groups excluding tert-OH is 1. The summed E-state index contributed by atoms with van der Waals surface area (Å²) in [6, 6.07) is 0. The Morgan fingerprint density at radius 3 is 3.12 bits per heavy atom. The summed E-state index contributed by atoms with van der Waals surface area (Å²) in [4.78, 5) is 0. The van der Waals surface area contributed by atoms with Crippen LogP contribution in [0.5, 0.6) is 0 Å². The summed E-state index contributed by atoms with van der Waals surface area (Å²) in [6.45, 7) is 2.05. The van der Waals surface area contributed by atoms with E-state index in [-0.39, 0.29) is 6.10 Å².